The Labute approximate surface area is 160 Å². The van der Waals surface area contributed by atoms with Gasteiger partial charge in [0.15, 0.2) is 5.65 Å². The molecule has 2 aliphatic rings. The van der Waals surface area contributed by atoms with E-state index in [4.69, 9.17) is 15.3 Å². The lowest BCUT2D eigenvalue weighted by Crippen LogP contribution is -2.38. The van der Waals surface area contributed by atoms with Gasteiger partial charge >= 0.3 is 0 Å². The maximum Gasteiger partial charge on any atom is 0.254 e. The second kappa shape index (κ2) is 6.33. The van der Waals surface area contributed by atoms with Crippen LogP contribution in [-0.4, -0.2) is 38.7 Å². The monoisotopic (exact) mass is 365 g/mol. The van der Waals surface area contributed by atoms with E-state index in [0.29, 0.717) is 19.0 Å². The van der Waals surface area contributed by atoms with Crippen LogP contribution in [0.15, 0.2) is 6.07 Å². The topological polar surface area (TPSA) is 74.8 Å². The number of fused-ring (bicyclic) bond motifs is 1. The van der Waals surface area contributed by atoms with E-state index in [1.165, 1.54) is 0 Å². The Balaban J connectivity index is 1.81. The SMILES string of the molecule is Cc1nn(C(C)(C)C)c2nc(C3CC3)cc(C(=O)N3CCC(C#N)CC3)c12. The molecule has 142 valence electrons. The first-order chi connectivity index (χ1) is 12.8. The van der Waals surface area contributed by atoms with Crippen molar-refractivity contribution in [2.45, 2.75) is 64.8 Å². The summed E-state index contributed by atoms with van der Waals surface area (Å²) in [6.07, 6.45) is 3.79. The summed E-state index contributed by atoms with van der Waals surface area (Å²) in [6, 6.07) is 4.33. The van der Waals surface area contributed by atoms with Crippen LogP contribution in [0.25, 0.3) is 11.0 Å². The zero-order valence-corrected chi connectivity index (χ0v) is 16.6. The summed E-state index contributed by atoms with van der Waals surface area (Å²) in [5.41, 5.74) is 3.21. The molecule has 1 aliphatic carbocycles. The van der Waals surface area contributed by atoms with Crippen molar-refractivity contribution in [2.75, 3.05) is 13.1 Å². The molecule has 2 aromatic rings. The van der Waals surface area contributed by atoms with Crippen LogP contribution in [-0.2, 0) is 5.54 Å². The van der Waals surface area contributed by atoms with Crippen LogP contribution in [0, 0.1) is 24.2 Å². The van der Waals surface area contributed by atoms with Crippen LogP contribution < -0.4 is 0 Å². The van der Waals surface area contributed by atoms with Gasteiger partial charge in [-0.15, -0.1) is 0 Å². The zero-order chi connectivity index (χ0) is 19.3. The first kappa shape index (κ1) is 18.0. The van der Waals surface area contributed by atoms with Gasteiger partial charge in [0.25, 0.3) is 5.91 Å². The van der Waals surface area contributed by atoms with Crippen LogP contribution in [0.2, 0.25) is 0 Å². The third kappa shape index (κ3) is 3.20. The zero-order valence-electron chi connectivity index (χ0n) is 16.6. The van der Waals surface area contributed by atoms with E-state index in [0.717, 1.165) is 53.7 Å². The summed E-state index contributed by atoms with van der Waals surface area (Å²) in [6.45, 7) is 9.58. The number of carbonyl (C=O) groups is 1. The summed E-state index contributed by atoms with van der Waals surface area (Å²) < 4.78 is 1.96. The van der Waals surface area contributed by atoms with Crippen molar-refractivity contribution in [2.24, 2.45) is 5.92 Å². The Morgan fingerprint density at radius 1 is 1.22 bits per heavy atom. The smallest absolute Gasteiger partial charge is 0.254 e. The van der Waals surface area contributed by atoms with E-state index < -0.39 is 0 Å². The highest BCUT2D eigenvalue weighted by molar-refractivity contribution is 6.06. The average Bonchev–Trinajstić information content (AvgIpc) is 3.43. The molecule has 3 heterocycles. The molecule has 6 nitrogen and oxygen atoms in total. The molecule has 0 unspecified atom stereocenters. The van der Waals surface area contributed by atoms with Crippen molar-refractivity contribution in [3.05, 3.63) is 23.0 Å². The predicted molar refractivity (Wildman–Crippen MR) is 103 cm³/mol. The van der Waals surface area contributed by atoms with Gasteiger partial charge < -0.3 is 4.90 Å². The van der Waals surface area contributed by atoms with Crippen LogP contribution in [0.1, 0.15) is 74.1 Å². The largest absolute Gasteiger partial charge is 0.339 e. The Bertz CT molecular complexity index is 934. The van der Waals surface area contributed by atoms with Crippen molar-refractivity contribution < 1.29 is 4.79 Å². The second-order valence-corrected chi connectivity index (χ2v) is 8.93. The number of likely N-dealkylation sites (tertiary alicyclic amines) is 1. The highest BCUT2D eigenvalue weighted by atomic mass is 16.2. The molecule has 1 saturated carbocycles. The van der Waals surface area contributed by atoms with E-state index in [2.05, 4.69) is 26.8 Å². The van der Waals surface area contributed by atoms with E-state index in [1.54, 1.807) is 0 Å². The van der Waals surface area contributed by atoms with E-state index in [1.807, 2.05) is 22.6 Å². The maximum absolute atomic E-state index is 13.4. The van der Waals surface area contributed by atoms with Gasteiger partial charge in [-0.3, -0.25) is 4.79 Å². The maximum atomic E-state index is 13.4. The number of hydrogen-bond donors (Lipinski definition) is 0. The molecule has 0 N–H and O–H groups in total. The molecule has 1 saturated heterocycles. The molecule has 4 rings (SSSR count). The number of nitriles is 1. The van der Waals surface area contributed by atoms with Crippen molar-refractivity contribution in [1.82, 2.24) is 19.7 Å². The summed E-state index contributed by atoms with van der Waals surface area (Å²) >= 11 is 0. The fourth-order valence-corrected chi connectivity index (χ4v) is 3.91. The standard InChI is InChI=1S/C21H27N5O/c1-13-18-16(20(27)25-9-7-14(12-22)8-10-25)11-17(15-5-6-15)23-19(18)26(24-13)21(2,3)4/h11,14-15H,5-10H2,1-4H3. The second-order valence-electron chi connectivity index (χ2n) is 8.93. The summed E-state index contributed by atoms with van der Waals surface area (Å²) in [7, 11) is 0. The van der Waals surface area contributed by atoms with Gasteiger partial charge in [0.05, 0.1) is 28.3 Å². The van der Waals surface area contributed by atoms with Crippen LogP contribution in [0.3, 0.4) is 0 Å². The molecule has 1 aliphatic heterocycles. The van der Waals surface area contributed by atoms with Crippen molar-refractivity contribution in [3.8, 4) is 6.07 Å². The minimum Gasteiger partial charge on any atom is -0.339 e. The third-order valence-electron chi connectivity index (χ3n) is 5.66. The van der Waals surface area contributed by atoms with Gasteiger partial charge in [-0.2, -0.15) is 10.4 Å². The fourth-order valence-electron chi connectivity index (χ4n) is 3.91. The number of carbonyl (C=O) groups excluding carboxylic acids is 1. The summed E-state index contributed by atoms with van der Waals surface area (Å²) in [5.74, 6) is 0.588. The molecule has 0 aromatic carbocycles. The average molecular weight is 365 g/mol. The third-order valence-corrected chi connectivity index (χ3v) is 5.66. The van der Waals surface area contributed by atoms with Crippen molar-refractivity contribution in [3.63, 3.8) is 0 Å². The van der Waals surface area contributed by atoms with Gasteiger partial charge in [0, 0.05) is 30.6 Å². The van der Waals surface area contributed by atoms with Crippen molar-refractivity contribution >= 4 is 16.9 Å². The molecule has 0 spiro atoms. The Morgan fingerprint density at radius 2 is 1.89 bits per heavy atom. The highest BCUT2D eigenvalue weighted by Gasteiger charge is 2.32. The molecule has 1 amide bonds. The first-order valence-corrected chi connectivity index (χ1v) is 9.89. The van der Waals surface area contributed by atoms with Crippen LogP contribution >= 0.6 is 0 Å². The molecule has 0 atom stereocenters. The summed E-state index contributed by atoms with van der Waals surface area (Å²) in [4.78, 5) is 20.2. The molecule has 2 fully saturated rings. The number of amides is 1. The van der Waals surface area contributed by atoms with Crippen LogP contribution in [0.4, 0.5) is 0 Å². The molecule has 0 radical (unpaired) electrons. The lowest BCUT2D eigenvalue weighted by atomic mass is 9.97. The minimum atomic E-state index is -0.201. The van der Waals surface area contributed by atoms with Gasteiger partial charge in [-0.05, 0) is 59.4 Å². The summed E-state index contributed by atoms with van der Waals surface area (Å²) in [5, 5.41) is 14.7. The van der Waals surface area contributed by atoms with Gasteiger partial charge in [-0.1, -0.05) is 0 Å². The lowest BCUT2D eigenvalue weighted by Gasteiger charge is -2.29. The Kier molecular flexibility index (Phi) is 4.21. The van der Waals surface area contributed by atoms with Gasteiger partial charge in [0.1, 0.15) is 0 Å². The van der Waals surface area contributed by atoms with Gasteiger partial charge in [-0.25, -0.2) is 9.67 Å². The molecule has 0 bridgehead atoms. The number of nitrogens with zero attached hydrogens (tertiary/aromatic N) is 5. The Morgan fingerprint density at radius 3 is 2.44 bits per heavy atom. The van der Waals surface area contributed by atoms with Crippen LogP contribution in [0.5, 0.6) is 0 Å². The van der Waals surface area contributed by atoms with Gasteiger partial charge in [0.2, 0.25) is 0 Å². The molecular weight excluding hydrogens is 338 g/mol. The minimum absolute atomic E-state index is 0.0530. The fraction of sp³-hybridized carbons (Fsp3) is 0.619. The number of piperidine rings is 1. The number of rotatable bonds is 2. The van der Waals surface area contributed by atoms with Crippen molar-refractivity contribution in [1.29, 1.82) is 5.26 Å². The molecule has 6 heteroatoms. The lowest BCUT2D eigenvalue weighted by molar-refractivity contribution is 0.0709. The number of aryl methyl sites for hydroxylation is 1. The Hall–Kier alpha value is -2.42. The van der Waals surface area contributed by atoms with E-state index >= 15 is 0 Å². The number of aromatic nitrogens is 3. The number of pyridine rings is 1. The predicted octanol–water partition coefficient (Wildman–Crippen LogP) is 3.75. The first-order valence-electron chi connectivity index (χ1n) is 9.89. The normalized spacial score (nSPS) is 18.7. The van der Waals surface area contributed by atoms with E-state index in [9.17, 15) is 4.79 Å². The molecule has 27 heavy (non-hydrogen) atoms. The van der Waals surface area contributed by atoms with E-state index in [-0.39, 0.29) is 17.4 Å². The quantitative estimate of drug-likeness (QED) is 0.812. The highest BCUT2D eigenvalue weighted by Crippen LogP contribution is 2.41. The molecule has 2 aromatic heterocycles. The molecular formula is C21H27N5O. The number of hydrogen-bond acceptors (Lipinski definition) is 4.